The van der Waals surface area contributed by atoms with E-state index in [9.17, 15) is 18.0 Å². The van der Waals surface area contributed by atoms with Crippen molar-refractivity contribution in [2.24, 2.45) is 0 Å². The molecule has 0 fully saturated rings. The number of hydrogen-bond donors (Lipinski definition) is 0. The summed E-state index contributed by atoms with van der Waals surface area (Å²) in [6.07, 6.45) is -2.79. The smallest absolute Gasteiger partial charge is 0.280 e. The van der Waals surface area contributed by atoms with Crippen LogP contribution in [0.3, 0.4) is 0 Å². The first kappa shape index (κ1) is 11.0. The number of aldehydes is 1. The van der Waals surface area contributed by atoms with Crippen molar-refractivity contribution in [3.8, 4) is 0 Å². The fourth-order valence-electron chi connectivity index (χ4n) is 0.934. The number of halogens is 4. The average Bonchev–Trinajstić information content (AvgIpc) is 2.16. The van der Waals surface area contributed by atoms with E-state index in [-0.39, 0.29) is 17.7 Å². The van der Waals surface area contributed by atoms with Crippen LogP contribution in [0.1, 0.15) is 28.2 Å². The number of alkyl halides is 3. The van der Waals surface area contributed by atoms with Crippen LogP contribution in [0.15, 0.2) is 6.07 Å². The van der Waals surface area contributed by atoms with E-state index in [1.54, 1.807) is 0 Å². The Morgan fingerprint density at radius 2 is 2.21 bits per heavy atom. The summed E-state index contributed by atoms with van der Waals surface area (Å²) in [6, 6.07) is 0.797. The molecule has 0 radical (unpaired) electrons. The molecule has 0 saturated heterocycles. The van der Waals surface area contributed by atoms with Gasteiger partial charge in [-0.25, -0.2) is 18.2 Å². The molecule has 14 heavy (non-hydrogen) atoms. The molecule has 0 amide bonds. The van der Waals surface area contributed by atoms with Crippen LogP contribution in [-0.2, 0) is 5.88 Å². The highest BCUT2D eigenvalue weighted by atomic mass is 35.5. The molecule has 0 bridgehead atoms. The summed E-state index contributed by atoms with van der Waals surface area (Å²) in [6.45, 7) is 0. The van der Waals surface area contributed by atoms with Crippen molar-refractivity contribution in [3.63, 3.8) is 0 Å². The van der Waals surface area contributed by atoms with Crippen LogP contribution in [-0.4, -0.2) is 11.3 Å². The number of aromatic nitrogens is 1. The number of carbonyl (C=O) groups is 1. The molecule has 1 rings (SSSR count). The molecule has 0 saturated carbocycles. The lowest BCUT2D eigenvalue weighted by Crippen LogP contribution is -2.03. The Balaban J connectivity index is 3.32. The first-order chi connectivity index (χ1) is 6.60. The molecule has 76 valence electrons. The number of rotatable bonds is 3. The van der Waals surface area contributed by atoms with E-state index in [1.165, 1.54) is 0 Å². The van der Waals surface area contributed by atoms with E-state index >= 15 is 0 Å². The van der Waals surface area contributed by atoms with Crippen LogP contribution in [0.4, 0.5) is 13.2 Å². The number of nitrogens with zero attached hydrogens (tertiary/aromatic N) is 1. The topological polar surface area (TPSA) is 30.0 Å². The molecule has 0 aliphatic heterocycles. The Kier molecular flexibility index (Phi) is 3.46. The molecular formula is C8H5ClF3NO. The van der Waals surface area contributed by atoms with Crippen molar-refractivity contribution >= 4 is 17.9 Å². The van der Waals surface area contributed by atoms with Crippen LogP contribution in [0, 0.1) is 5.82 Å². The maximum atomic E-state index is 12.9. The van der Waals surface area contributed by atoms with E-state index in [0.717, 1.165) is 6.07 Å². The van der Waals surface area contributed by atoms with E-state index < -0.39 is 23.6 Å². The van der Waals surface area contributed by atoms with Gasteiger partial charge in [0.25, 0.3) is 6.43 Å². The van der Waals surface area contributed by atoms with Gasteiger partial charge in [0, 0.05) is 5.88 Å². The Labute approximate surface area is 82.7 Å². The highest BCUT2D eigenvalue weighted by Gasteiger charge is 2.17. The Hall–Kier alpha value is -1.10. The molecule has 1 aromatic rings. The zero-order valence-electron chi connectivity index (χ0n) is 6.81. The van der Waals surface area contributed by atoms with Crippen LogP contribution >= 0.6 is 11.6 Å². The predicted molar refractivity (Wildman–Crippen MR) is 44.1 cm³/mol. The van der Waals surface area contributed by atoms with Crippen molar-refractivity contribution in [2.45, 2.75) is 12.3 Å². The highest BCUT2D eigenvalue weighted by molar-refractivity contribution is 6.17. The second kappa shape index (κ2) is 4.41. The summed E-state index contributed by atoms with van der Waals surface area (Å²) in [4.78, 5) is 13.4. The van der Waals surface area contributed by atoms with E-state index in [2.05, 4.69) is 4.98 Å². The summed E-state index contributed by atoms with van der Waals surface area (Å²) >= 11 is 5.32. The van der Waals surface area contributed by atoms with Gasteiger partial charge >= 0.3 is 0 Å². The fraction of sp³-hybridized carbons (Fsp3) is 0.250. The number of carbonyl (C=O) groups excluding carboxylic acids is 1. The van der Waals surface area contributed by atoms with Crippen molar-refractivity contribution in [3.05, 3.63) is 28.8 Å². The van der Waals surface area contributed by atoms with E-state index in [4.69, 9.17) is 11.6 Å². The quantitative estimate of drug-likeness (QED) is 0.583. The SMILES string of the molecule is O=Cc1nc(C(F)F)c(CCl)cc1F. The molecule has 1 heterocycles. The van der Waals surface area contributed by atoms with Gasteiger partial charge in [0.05, 0.1) is 0 Å². The first-order valence-corrected chi connectivity index (χ1v) is 4.12. The second-order valence-electron chi connectivity index (χ2n) is 2.45. The van der Waals surface area contributed by atoms with Gasteiger partial charge in [-0.2, -0.15) is 0 Å². The van der Waals surface area contributed by atoms with Gasteiger partial charge in [-0.15, -0.1) is 11.6 Å². The highest BCUT2D eigenvalue weighted by Crippen LogP contribution is 2.23. The zero-order chi connectivity index (χ0) is 10.7. The molecule has 0 N–H and O–H groups in total. The normalized spacial score (nSPS) is 10.6. The van der Waals surface area contributed by atoms with Crippen LogP contribution in [0.2, 0.25) is 0 Å². The van der Waals surface area contributed by atoms with Gasteiger partial charge < -0.3 is 0 Å². The molecule has 0 aromatic carbocycles. The lowest BCUT2D eigenvalue weighted by atomic mass is 10.2. The Morgan fingerprint density at radius 1 is 1.57 bits per heavy atom. The first-order valence-electron chi connectivity index (χ1n) is 3.58. The summed E-state index contributed by atoms with van der Waals surface area (Å²) in [5.41, 5.74) is -1.39. The zero-order valence-corrected chi connectivity index (χ0v) is 7.56. The minimum absolute atomic E-state index is 0.0826. The standard InChI is InChI=1S/C8H5ClF3NO/c9-2-4-1-5(10)6(3-14)13-7(4)8(11)12/h1,3,8H,2H2. The molecule has 0 atom stereocenters. The third-order valence-corrected chi connectivity index (χ3v) is 1.87. The molecule has 2 nitrogen and oxygen atoms in total. The lowest BCUT2D eigenvalue weighted by Gasteiger charge is -2.06. The second-order valence-corrected chi connectivity index (χ2v) is 2.72. The van der Waals surface area contributed by atoms with Crippen LogP contribution in [0.25, 0.3) is 0 Å². The number of pyridine rings is 1. The van der Waals surface area contributed by atoms with Gasteiger partial charge in [0.15, 0.2) is 12.1 Å². The Bertz CT molecular complexity index is 357. The van der Waals surface area contributed by atoms with Crippen molar-refractivity contribution in [1.82, 2.24) is 4.98 Å². The van der Waals surface area contributed by atoms with Gasteiger partial charge in [-0.1, -0.05) is 0 Å². The maximum Gasteiger partial charge on any atom is 0.280 e. The molecule has 6 heteroatoms. The minimum atomic E-state index is -2.87. The summed E-state index contributed by atoms with van der Waals surface area (Å²) < 4.78 is 37.5. The third-order valence-electron chi connectivity index (χ3n) is 1.58. The van der Waals surface area contributed by atoms with Gasteiger partial charge in [0.1, 0.15) is 11.4 Å². The molecule has 1 aromatic heterocycles. The van der Waals surface area contributed by atoms with Gasteiger partial charge in [-0.3, -0.25) is 4.79 Å². The third kappa shape index (κ3) is 2.04. The largest absolute Gasteiger partial charge is 0.296 e. The van der Waals surface area contributed by atoms with Crippen LogP contribution in [0.5, 0.6) is 0 Å². The van der Waals surface area contributed by atoms with E-state index in [1.807, 2.05) is 0 Å². The fourth-order valence-corrected chi connectivity index (χ4v) is 1.15. The maximum absolute atomic E-state index is 12.9. The molecule has 0 aliphatic carbocycles. The lowest BCUT2D eigenvalue weighted by molar-refractivity contribution is 0.111. The summed E-state index contributed by atoms with van der Waals surface area (Å²) in [5, 5.41) is 0. The van der Waals surface area contributed by atoms with Crippen molar-refractivity contribution in [1.29, 1.82) is 0 Å². The Morgan fingerprint density at radius 3 is 2.64 bits per heavy atom. The molecular weight excluding hydrogens is 219 g/mol. The summed E-state index contributed by atoms with van der Waals surface area (Å²) in [5.74, 6) is -1.22. The van der Waals surface area contributed by atoms with Crippen molar-refractivity contribution in [2.75, 3.05) is 0 Å². The molecule has 0 spiro atoms. The average molecular weight is 224 g/mol. The van der Waals surface area contributed by atoms with E-state index in [0.29, 0.717) is 0 Å². The number of hydrogen-bond acceptors (Lipinski definition) is 2. The monoisotopic (exact) mass is 223 g/mol. The molecule has 0 aliphatic rings. The van der Waals surface area contributed by atoms with Gasteiger partial charge in [0.2, 0.25) is 0 Å². The van der Waals surface area contributed by atoms with Gasteiger partial charge in [-0.05, 0) is 11.6 Å². The minimum Gasteiger partial charge on any atom is -0.296 e. The summed E-state index contributed by atoms with van der Waals surface area (Å²) in [7, 11) is 0. The van der Waals surface area contributed by atoms with Crippen molar-refractivity contribution < 1.29 is 18.0 Å². The predicted octanol–water partition coefficient (Wildman–Crippen LogP) is 2.71. The molecule has 0 unspecified atom stereocenters. The van der Waals surface area contributed by atoms with Crippen LogP contribution < -0.4 is 0 Å².